The van der Waals surface area contributed by atoms with Crippen LogP contribution in [0.5, 0.6) is 11.5 Å². The molecule has 2 N–H and O–H groups in total. The topological polar surface area (TPSA) is 41.5 Å². The predicted molar refractivity (Wildman–Crippen MR) is 79.1 cm³/mol. The van der Waals surface area contributed by atoms with E-state index in [1.807, 2.05) is 24.3 Å². The lowest BCUT2D eigenvalue weighted by molar-refractivity contribution is 0.338. The molecule has 0 bridgehead atoms. The molecule has 1 aliphatic heterocycles. The normalized spacial score (nSPS) is 16.8. The zero-order valence-electron chi connectivity index (χ0n) is 9.86. The van der Waals surface area contributed by atoms with E-state index in [0.29, 0.717) is 11.6 Å². The third-order valence-corrected chi connectivity index (χ3v) is 3.96. The number of fused-ring (bicyclic) bond motifs is 1. The lowest BCUT2D eigenvalue weighted by Gasteiger charge is -2.15. The van der Waals surface area contributed by atoms with Crippen molar-refractivity contribution in [1.29, 1.82) is 0 Å². The monoisotopic (exact) mass is 339 g/mol. The van der Waals surface area contributed by atoms with Crippen LogP contribution < -0.4 is 10.1 Å². The van der Waals surface area contributed by atoms with Crippen molar-refractivity contribution in [3.05, 3.63) is 51.5 Å². The number of phenols is 1. The number of hydrogen-bond donors (Lipinski definition) is 2. The van der Waals surface area contributed by atoms with Gasteiger partial charge in [-0.2, -0.15) is 0 Å². The number of nitrogens with one attached hydrogen (secondary N) is 1. The highest BCUT2D eigenvalue weighted by atomic mass is 79.9. The maximum absolute atomic E-state index is 9.43. The summed E-state index contributed by atoms with van der Waals surface area (Å²) in [5.74, 6) is 0.930. The minimum atomic E-state index is 0.0466. The summed E-state index contributed by atoms with van der Waals surface area (Å²) in [7, 11) is 0. The van der Waals surface area contributed by atoms with Crippen molar-refractivity contribution in [1.82, 2.24) is 0 Å². The largest absolute Gasteiger partial charge is 0.508 e. The van der Waals surface area contributed by atoms with E-state index in [-0.39, 0.29) is 11.8 Å². The number of rotatable bonds is 2. The summed E-state index contributed by atoms with van der Waals surface area (Å²) in [6.45, 7) is 0.526. The summed E-state index contributed by atoms with van der Waals surface area (Å²) in [5, 5.41) is 13.5. The second-order valence-corrected chi connectivity index (χ2v) is 5.64. The number of phenolic OH excluding ortho intramolecular Hbond substituents is 1. The Labute approximate surface area is 124 Å². The van der Waals surface area contributed by atoms with Crippen LogP contribution in [-0.2, 0) is 0 Å². The number of ether oxygens (including phenoxy) is 1. The van der Waals surface area contributed by atoms with Crippen LogP contribution in [0, 0.1) is 0 Å². The van der Waals surface area contributed by atoms with Gasteiger partial charge < -0.3 is 15.2 Å². The second-order valence-electron chi connectivity index (χ2n) is 4.35. The van der Waals surface area contributed by atoms with Gasteiger partial charge >= 0.3 is 0 Å². The van der Waals surface area contributed by atoms with Gasteiger partial charge in [-0.3, -0.25) is 0 Å². The quantitative estimate of drug-likeness (QED) is 0.854. The average molecular weight is 341 g/mol. The molecule has 0 saturated carbocycles. The summed E-state index contributed by atoms with van der Waals surface area (Å²) in [6.07, 6.45) is 0. The molecule has 0 spiro atoms. The first-order valence-corrected chi connectivity index (χ1v) is 6.98. The van der Waals surface area contributed by atoms with E-state index < -0.39 is 0 Å². The molecule has 1 aliphatic rings. The summed E-state index contributed by atoms with van der Waals surface area (Å²) >= 11 is 9.49. The van der Waals surface area contributed by atoms with Gasteiger partial charge in [0, 0.05) is 21.1 Å². The van der Waals surface area contributed by atoms with Gasteiger partial charge in [-0.15, -0.1) is 0 Å². The summed E-state index contributed by atoms with van der Waals surface area (Å²) in [4.78, 5) is 0. The minimum Gasteiger partial charge on any atom is -0.508 e. The molecule has 1 atom stereocenters. The van der Waals surface area contributed by atoms with Crippen LogP contribution in [-0.4, -0.2) is 11.7 Å². The smallest absolute Gasteiger partial charge is 0.128 e. The number of anilines is 1. The Hall–Kier alpha value is -1.39. The van der Waals surface area contributed by atoms with E-state index in [9.17, 15) is 5.11 Å². The van der Waals surface area contributed by atoms with Crippen LogP contribution >= 0.6 is 27.5 Å². The lowest BCUT2D eigenvalue weighted by atomic mass is 10.1. The molecule has 0 aliphatic carbocycles. The summed E-state index contributed by atoms with van der Waals surface area (Å²) < 4.78 is 6.51. The fourth-order valence-electron chi connectivity index (χ4n) is 2.11. The van der Waals surface area contributed by atoms with E-state index in [4.69, 9.17) is 16.3 Å². The molecule has 0 fully saturated rings. The number of hydrogen-bond acceptors (Lipinski definition) is 3. The van der Waals surface area contributed by atoms with Crippen molar-refractivity contribution < 1.29 is 9.84 Å². The van der Waals surface area contributed by atoms with Gasteiger partial charge in [0.05, 0.1) is 11.7 Å². The van der Waals surface area contributed by atoms with Crippen molar-refractivity contribution in [2.75, 3.05) is 11.9 Å². The van der Waals surface area contributed by atoms with Crippen molar-refractivity contribution in [2.24, 2.45) is 0 Å². The van der Waals surface area contributed by atoms with Gasteiger partial charge in [0.2, 0.25) is 0 Å². The molecular formula is C14H11BrClNO2. The van der Waals surface area contributed by atoms with Gasteiger partial charge in [-0.25, -0.2) is 0 Å². The predicted octanol–water partition coefficient (Wildman–Crippen LogP) is 4.35. The molecule has 1 unspecified atom stereocenters. The molecule has 2 aromatic carbocycles. The maximum atomic E-state index is 9.43. The summed E-state index contributed by atoms with van der Waals surface area (Å²) in [5.41, 5.74) is 1.95. The Bertz CT molecular complexity index is 633. The molecule has 98 valence electrons. The van der Waals surface area contributed by atoms with Gasteiger partial charge in [-0.1, -0.05) is 11.6 Å². The average Bonchev–Trinajstić information content (AvgIpc) is 2.76. The minimum absolute atomic E-state index is 0.0466. The van der Waals surface area contributed by atoms with E-state index in [1.165, 1.54) is 0 Å². The second kappa shape index (κ2) is 4.94. The SMILES string of the molecule is Oc1ccc2c(c1)OCC2Nc1cc(Cl)ccc1Br. The van der Waals surface area contributed by atoms with Crippen molar-refractivity contribution >= 4 is 33.2 Å². The Morgan fingerprint density at radius 2 is 2.11 bits per heavy atom. The first-order valence-electron chi connectivity index (χ1n) is 5.81. The standard InChI is InChI=1S/C14H11BrClNO2/c15-11-4-1-8(16)5-12(11)17-13-7-19-14-6-9(18)2-3-10(13)14/h1-6,13,17-18H,7H2. The van der Waals surface area contributed by atoms with Crippen LogP contribution in [0.1, 0.15) is 11.6 Å². The van der Waals surface area contributed by atoms with E-state index >= 15 is 0 Å². The highest BCUT2D eigenvalue weighted by molar-refractivity contribution is 9.10. The number of benzene rings is 2. The molecule has 0 radical (unpaired) electrons. The molecule has 19 heavy (non-hydrogen) atoms. The Morgan fingerprint density at radius 3 is 2.95 bits per heavy atom. The fourth-order valence-corrected chi connectivity index (χ4v) is 2.65. The number of aromatic hydroxyl groups is 1. The highest BCUT2D eigenvalue weighted by Gasteiger charge is 2.24. The van der Waals surface area contributed by atoms with Gasteiger partial charge in [0.25, 0.3) is 0 Å². The van der Waals surface area contributed by atoms with Gasteiger partial charge in [-0.05, 0) is 46.3 Å². The van der Waals surface area contributed by atoms with Crippen molar-refractivity contribution in [3.8, 4) is 11.5 Å². The van der Waals surface area contributed by atoms with Crippen LogP contribution in [0.2, 0.25) is 5.02 Å². The number of halogens is 2. The molecule has 3 rings (SSSR count). The van der Waals surface area contributed by atoms with Crippen LogP contribution in [0.15, 0.2) is 40.9 Å². The van der Waals surface area contributed by atoms with E-state index in [2.05, 4.69) is 21.2 Å². The van der Waals surface area contributed by atoms with Gasteiger partial charge in [0.15, 0.2) is 0 Å². The van der Waals surface area contributed by atoms with Crippen molar-refractivity contribution in [2.45, 2.75) is 6.04 Å². The fraction of sp³-hybridized carbons (Fsp3) is 0.143. The molecule has 0 aromatic heterocycles. The Morgan fingerprint density at radius 1 is 1.26 bits per heavy atom. The molecule has 5 heteroatoms. The van der Waals surface area contributed by atoms with Crippen LogP contribution in [0.3, 0.4) is 0 Å². The zero-order valence-corrected chi connectivity index (χ0v) is 12.2. The third kappa shape index (κ3) is 2.51. The first kappa shape index (κ1) is 12.6. The highest BCUT2D eigenvalue weighted by Crippen LogP contribution is 2.38. The third-order valence-electron chi connectivity index (χ3n) is 3.04. The van der Waals surface area contributed by atoms with Crippen LogP contribution in [0.4, 0.5) is 5.69 Å². The lowest BCUT2D eigenvalue weighted by Crippen LogP contribution is -2.12. The Balaban J connectivity index is 1.88. The molecule has 3 nitrogen and oxygen atoms in total. The molecule has 0 amide bonds. The van der Waals surface area contributed by atoms with E-state index in [1.54, 1.807) is 12.1 Å². The molecular weight excluding hydrogens is 330 g/mol. The Kier molecular flexibility index (Phi) is 3.29. The molecule has 1 heterocycles. The molecule has 0 saturated heterocycles. The van der Waals surface area contributed by atoms with Crippen molar-refractivity contribution in [3.63, 3.8) is 0 Å². The zero-order chi connectivity index (χ0) is 13.4. The molecule has 2 aromatic rings. The summed E-state index contributed by atoms with van der Waals surface area (Å²) in [6, 6.07) is 10.8. The van der Waals surface area contributed by atoms with E-state index in [0.717, 1.165) is 21.5 Å². The first-order chi connectivity index (χ1) is 9.13. The van der Waals surface area contributed by atoms with Crippen LogP contribution in [0.25, 0.3) is 0 Å². The maximum Gasteiger partial charge on any atom is 0.128 e. The van der Waals surface area contributed by atoms with Gasteiger partial charge in [0.1, 0.15) is 18.1 Å².